The number of hydrogen-bond acceptors (Lipinski definition) is 4. The summed E-state index contributed by atoms with van der Waals surface area (Å²) in [6, 6.07) is 3.21. The van der Waals surface area contributed by atoms with Crippen LogP contribution in [0.15, 0.2) is 22.8 Å². The first-order valence-corrected chi connectivity index (χ1v) is 7.16. The van der Waals surface area contributed by atoms with Crippen molar-refractivity contribution in [2.24, 2.45) is 0 Å². The third-order valence-electron chi connectivity index (χ3n) is 2.43. The zero-order chi connectivity index (χ0) is 14.3. The van der Waals surface area contributed by atoms with Gasteiger partial charge in [-0.3, -0.25) is 5.10 Å². The van der Waals surface area contributed by atoms with E-state index in [1.165, 1.54) is 6.20 Å². The molecule has 3 rings (SSSR count). The van der Waals surface area contributed by atoms with Gasteiger partial charge < -0.3 is 4.74 Å². The molecule has 2 aromatic heterocycles. The number of nitrogens with one attached hydrogen (secondary N) is 1. The van der Waals surface area contributed by atoms with Crippen LogP contribution in [0, 0.1) is 0 Å². The number of aromatic amines is 1. The van der Waals surface area contributed by atoms with E-state index in [0.29, 0.717) is 31.3 Å². The van der Waals surface area contributed by atoms with E-state index in [1.54, 1.807) is 12.1 Å². The Morgan fingerprint density at radius 2 is 1.90 bits per heavy atom. The molecule has 0 saturated carbocycles. The molecule has 0 fully saturated rings. The van der Waals surface area contributed by atoms with Crippen LogP contribution in [0.5, 0.6) is 11.6 Å². The fraction of sp³-hybridized carbons (Fsp3) is 0. The Morgan fingerprint density at radius 3 is 2.70 bits per heavy atom. The minimum Gasteiger partial charge on any atom is -0.436 e. The molecule has 20 heavy (non-hydrogen) atoms. The van der Waals surface area contributed by atoms with E-state index in [4.69, 9.17) is 39.5 Å². The van der Waals surface area contributed by atoms with Crippen molar-refractivity contribution >= 4 is 61.8 Å². The second kappa shape index (κ2) is 5.37. The maximum atomic E-state index is 6.10. The topological polar surface area (TPSA) is 63.7 Å². The molecule has 0 atom stereocenters. The maximum absolute atomic E-state index is 6.10. The van der Waals surface area contributed by atoms with Crippen molar-refractivity contribution < 1.29 is 4.74 Å². The lowest BCUT2D eigenvalue weighted by atomic mass is 10.3. The molecule has 0 aliphatic carbocycles. The third-order valence-corrected chi connectivity index (χ3v) is 4.09. The average molecular weight is 394 g/mol. The highest BCUT2D eigenvalue weighted by atomic mass is 79.9. The Morgan fingerprint density at radius 1 is 1.10 bits per heavy atom. The minimum absolute atomic E-state index is 0.0380. The van der Waals surface area contributed by atoms with E-state index in [0.717, 1.165) is 0 Å². The summed E-state index contributed by atoms with van der Waals surface area (Å²) in [6.45, 7) is 0. The van der Waals surface area contributed by atoms with Gasteiger partial charge in [0.05, 0.1) is 16.2 Å². The fourth-order valence-electron chi connectivity index (χ4n) is 1.55. The molecular weight excluding hydrogens is 390 g/mol. The van der Waals surface area contributed by atoms with Crippen molar-refractivity contribution in [2.75, 3.05) is 0 Å². The average Bonchev–Trinajstić information content (AvgIpc) is 2.84. The summed E-state index contributed by atoms with van der Waals surface area (Å²) in [6.07, 6.45) is 1.54. The number of ether oxygens (including phenoxy) is 1. The van der Waals surface area contributed by atoms with E-state index >= 15 is 0 Å². The highest BCUT2D eigenvalue weighted by Gasteiger charge is 2.14. The van der Waals surface area contributed by atoms with E-state index in [1.807, 2.05) is 0 Å². The molecule has 0 radical (unpaired) electrons. The van der Waals surface area contributed by atoms with Gasteiger partial charge in [0.25, 0.3) is 0 Å². The van der Waals surface area contributed by atoms with E-state index in [-0.39, 0.29) is 11.2 Å². The Hall–Kier alpha value is -1.08. The van der Waals surface area contributed by atoms with Crippen molar-refractivity contribution in [3.63, 3.8) is 0 Å². The third kappa shape index (κ3) is 2.56. The van der Waals surface area contributed by atoms with Crippen LogP contribution < -0.4 is 4.74 Å². The van der Waals surface area contributed by atoms with Gasteiger partial charge in [0.1, 0.15) is 11.1 Å². The van der Waals surface area contributed by atoms with Gasteiger partial charge in [0.2, 0.25) is 11.2 Å². The first-order chi connectivity index (χ1) is 9.54. The van der Waals surface area contributed by atoms with Crippen LogP contribution in [0.3, 0.4) is 0 Å². The molecule has 0 spiro atoms. The van der Waals surface area contributed by atoms with E-state index in [9.17, 15) is 0 Å². The van der Waals surface area contributed by atoms with Gasteiger partial charge in [-0.1, -0.05) is 23.2 Å². The second-order valence-electron chi connectivity index (χ2n) is 3.73. The summed E-state index contributed by atoms with van der Waals surface area (Å²) in [5.74, 6) is 0.603. The molecule has 102 valence electrons. The number of H-pyrrole nitrogens is 1. The van der Waals surface area contributed by atoms with Crippen LogP contribution in [0.4, 0.5) is 0 Å². The highest BCUT2D eigenvalue weighted by Crippen LogP contribution is 2.37. The summed E-state index contributed by atoms with van der Waals surface area (Å²) in [7, 11) is 0. The summed E-state index contributed by atoms with van der Waals surface area (Å²) in [5, 5.41) is 8.03. The van der Waals surface area contributed by atoms with Crippen LogP contribution in [0.25, 0.3) is 11.0 Å². The zero-order valence-electron chi connectivity index (χ0n) is 9.49. The Balaban J connectivity index is 2.09. The normalized spacial score (nSPS) is 11.0. The Bertz CT molecular complexity index is 808. The molecule has 9 heteroatoms. The number of rotatable bonds is 2. The second-order valence-corrected chi connectivity index (χ2v) is 5.74. The molecule has 3 aromatic rings. The van der Waals surface area contributed by atoms with Gasteiger partial charge in [-0.15, -0.1) is 0 Å². The van der Waals surface area contributed by atoms with E-state index in [2.05, 4.69) is 36.1 Å². The van der Waals surface area contributed by atoms with Crippen molar-refractivity contribution in [2.45, 2.75) is 0 Å². The van der Waals surface area contributed by atoms with Gasteiger partial charge in [-0.05, 0) is 33.6 Å². The van der Waals surface area contributed by atoms with Crippen LogP contribution in [0.2, 0.25) is 15.3 Å². The number of benzene rings is 1. The molecule has 0 aliphatic rings. The molecule has 5 nitrogen and oxygen atoms in total. The highest BCUT2D eigenvalue weighted by molar-refractivity contribution is 9.10. The summed E-state index contributed by atoms with van der Waals surface area (Å²) in [4.78, 5) is 8.00. The molecule has 0 unspecified atom stereocenters. The van der Waals surface area contributed by atoms with Crippen LogP contribution in [-0.4, -0.2) is 20.2 Å². The van der Waals surface area contributed by atoms with Crippen molar-refractivity contribution in [3.05, 3.63) is 38.1 Å². The number of fused-ring (bicyclic) bond motifs is 1. The van der Waals surface area contributed by atoms with Crippen molar-refractivity contribution in [3.8, 4) is 11.6 Å². The molecule has 0 saturated heterocycles. The summed E-state index contributed by atoms with van der Waals surface area (Å²) < 4.78 is 6.34. The Labute approximate surface area is 136 Å². The molecule has 0 amide bonds. The fourth-order valence-corrected chi connectivity index (χ4v) is 2.54. The van der Waals surface area contributed by atoms with Gasteiger partial charge in [-0.2, -0.15) is 15.1 Å². The van der Waals surface area contributed by atoms with Gasteiger partial charge in [0.15, 0.2) is 5.65 Å². The number of halogens is 4. The van der Waals surface area contributed by atoms with Crippen molar-refractivity contribution in [1.82, 2.24) is 20.2 Å². The molecule has 0 bridgehead atoms. The SMILES string of the molecule is Clc1nc(Oc2cc(Cl)c(Br)cc2Cl)c2cn[nH]c2n1. The van der Waals surface area contributed by atoms with E-state index < -0.39 is 0 Å². The first-order valence-electron chi connectivity index (χ1n) is 5.23. The summed E-state index contributed by atoms with van der Waals surface area (Å²) in [5.41, 5.74) is 0.472. The molecule has 1 aromatic carbocycles. The van der Waals surface area contributed by atoms with Gasteiger partial charge in [-0.25, -0.2) is 0 Å². The minimum atomic E-state index is 0.0380. The number of aromatic nitrogens is 4. The predicted molar refractivity (Wildman–Crippen MR) is 80.9 cm³/mol. The smallest absolute Gasteiger partial charge is 0.234 e. The van der Waals surface area contributed by atoms with Crippen LogP contribution in [0.1, 0.15) is 0 Å². The lowest BCUT2D eigenvalue weighted by Gasteiger charge is -2.08. The standard InChI is InChI=1S/C11H4BrCl3N4O/c12-5-1-7(14)8(2-6(5)13)20-10-4-3-16-19-9(4)17-11(15)18-10/h1-3H,(H,16,17,18,19). The van der Waals surface area contributed by atoms with Crippen LogP contribution >= 0.6 is 50.7 Å². The number of hydrogen-bond donors (Lipinski definition) is 1. The predicted octanol–water partition coefficient (Wildman–Crippen LogP) is 4.87. The monoisotopic (exact) mass is 392 g/mol. The largest absolute Gasteiger partial charge is 0.436 e. The quantitative estimate of drug-likeness (QED) is 0.498. The first kappa shape index (κ1) is 13.9. The molecule has 2 heterocycles. The molecule has 0 aliphatic heterocycles. The lowest BCUT2D eigenvalue weighted by molar-refractivity contribution is 0.468. The van der Waals surface area contributed by atoms with Crippen LogP contribution in [-0.2, 0) is 0 Å². The summed E-state index contributed by atoms with van der Waals surface area (Å²) >= 11 is 21.2. The van der Waals surface area contributed by atoms with Gasteiger partial charge >= 0.3 is 0 Å². The van der Waals surface area contributed by atoms with Crippen molar-refractivity contribution in [1.29, 1.82) is 0 Å². The zero-order valence-corrected chi connectivity index (χ0v) is 13.3. The maximum Gasteiger partial charge on any atom is 0.234 e. The molecular formula is C11H4BrCl3N4O. The molecule has 1 N–H and O–H groups in total. The van der Waals surface area contributed by atoms with Gasteiger partial charge in [0, 0.05) is 10.5 Å². The lowest BCUT2D eigenvalue weighted by Crippen LogP contribution is -1.93. The Kier molecular flexibility index (Phi) is 3.72. The number of nitrogens with zero attached hydrogens (tertiary/aromatic N) is 3.